The zero-order chi connectivity index (χ0) is 19.9. The normalized spacial score (nSPS) is 10.3. The lowest BCUT2D eigenvalue weighted by Gasteiger charge is -2.12. The molecule has 9 heteroatoms. The van der Waals surface area contributed by atoms with Crippen LogP contribution in [0.3, 0.4) is 0 Å². The molecule has 0 atom stereocenters. The molecule has 2 aromatic heterocycles. The van der Waals surface area contributed by atoms with Gasteiger partial charge in [-0.15, -0.1) is 12.4 Å². The SMILES string of the molecule is COc1cc(CNCc2cccnc2)ccc1Oc1nnnn1-c1ccccc1.Cl. The summed E-state index contributed by atoms with van der Waals surface area (Å²) < 4.78 is 13.0. The second kappa shape index (κ2) is 10.3. The van der Waals surface area contributed by atoms with Crippen molar-refractivity contribution in [3.05, 3.63) is 84.2 Å². The fraction of sp³-hybridized carbons (Fsp3) is 0.143. The van der Waals surface area contributed by atoms with Gasteiger partial charge in [-0.25, -0.2) is 0 Å². The number of nitrogens with one attached hydrogen (secondary N) is 1. The molecule has 0 aliphatic heterocycles. The number of halogens is 1. The van der Waals surface area contributed by atoms with Crippen LogP contribution in [0.5, 0.6) is 17.5 Å². The largest absolute Gasteiger partial charge is 0.493 e. The predicted molar refractivity (Wildman–Crippen MR) is 114 cm³/mol. The molecule has 0 spiro atoms. The van der Waals surface area contributed by atoms with E-state index in [4.69, 9.17) is 9.47 Å². The van der Waals surface area contributed by atoms with E-state index >= 15 is 0 Å². The van der Waals surface area contributed by atoms with E-state index < -0.39 is 0 Å². The third-order valence-corrected chi connectivity index (χ3v) is 4.25. The van der Waals surface area contributed by atoms with Crippen molar-refractivity contribution in [2.45, 2.75) is 13.1 Å². The second-order valence-electron chi connectivity index (χ2n) is 6.26. The highest BCUT2D eigenvalue weighted by atomic mass is 35.5. The summed E-state index contributed by atoms with van der Waals surface area (Å²) in [6.07, 6.45) is 3.61. The van der Waals surface area contributed by atoms with Crippen LogP contribution in [0.1, 0.15) is 11.1 Å². The molecule has 154 valence electrons. The molecule has 2 heterocycles. The summed E-state index contributed by atoms with van der Waals surface area (Å²) in [5, 5.41) is 15.1. The third-order valence-electron chi connectivity index (χ3n) is 4.25. The van der Waals surface area contributed by atoms with Crippen LogP contribution in [-0.4, -0.2) is 32.3 Å². The van der Waals surface area contributed by atoms with Gasteiger partial charge in [0.25, 0.3) is 0 Å². The first-order chi connectivity index (χ1) is 14.3. The summed E-state index contributed by atoms with van der Waals surface area (Å²) in [6.45, 7) is 1.42. The van der Waals surface area contributed by atoms with Crippen molar-refractivity contribution >= 4 is 12.4 Å². The molecule has 4 aromatic rings. The van der Waals surface area contributed by atoms with Gasteiger partial charge in [0.2, 0.25) is 0 Å². The molecule has 4 rings (SSSR count). The van der Waals surface area contributed by atoms with Crippen LogP contribution < -0.4 is 14.8 Å². The van der Waals surface area contributed by atoms with E-state index in [-0.39, 0.29) is 18.4 Å². The molecular formula is C21H21ClN6O2. The monoisotopic (exact) mass is 424 g/mol. The van der Waals surface area contributed by atoms with Crippen LogP contribution in [0.15, 0.2) is 73.1 Å². The minimum atomic E-state index is 0. The molecule has 8 nitrogen and oxygen atoms in total. The summed E-state index contributed by atoms with van der Waals surface area (Å²) in [4.78, 5) is 4.12. The molecule has 0 radical (unpaired) electrons. The van der Waals surface area contributed by atoms with Gasteiger partial charge in [0.1, 0.15) is 0 Å². The highest BCUT2D eigenvalue weighted by Crippen LogP contribution is 2.32. The number of aromatic nitrogens is 5. The molecule has 0 saturated carbocycles. The van der Waals surface area contributed by atoms with Crippen LogP contribution in [0, 0.1) is 0 Å². The van der Waals surface area contributed by atoms with Crippen molar-refractivity contribution in [3.63, 3.8) is 0 Å². The number of rotatable bonds is 8. The van der Waals surface area contributed by atoms with Crippen LogP contribution >= 0.6 is 12.4 Å². The number of ether oxygens (including phenoxy) is 2. The Balaban J connectivity index is 0.00000256. The van der Waals surface area contributed by atoms with Gasteiger partial charge in [-0.05, 0) is 51.9 Å². The Kier molecular flexibility index (Phi) is 7.31. The Labute approximate surface area is 180 Å². The van der Waals surface area contributed by atoms with Gasteiger partial charge in [0, 0.05) is 25.5 Å². The van der Waals surface area contributed by atoms with E-state index in [0.717, 1.165) is 23.4 Å². The zero-order valence-corrected chi connectivity index (χ0v) is 17.1. The molecule has 30 heavy (non-hydrogen) atoms. The third kappa shape index (κ3) is 5.11. The molecule has 2 aromatic carbocycles. The molecule has 1 N–H and O–H groups in total. The van der Waals surface area contributed by atoms with Crippen molar-refractivity contribution in [2.24, 2.45) is 0 Å². The summed E-state index contributed by atoms with van der Waals surface area (Å²) in [7, 11) is 1.61. The molecule has 0 bridgehead atoms. The van der Waals surface area contributed by atoms with E-state index in [2.05, 4.69) is 25.8 Å². The molecule has 0 aliphatic rings. The van der Waals surface area contributed by atoms with Crippen LogP contribution in [0.4, 0.5) is 0 Å². The summed E-state index contributed by atoms with van der Waals surface area (Å²) in [5.41, 5.74) is 3.01. The minimum Gasteiger partial charge on any atom is -0.493 e. The number of methoxy groups -OCH3 is 1. The quantitative estimate of drug-likeness (QED) is 0.462. The minimum absolute atomic E-state index is 0. The first-order valence-electron chi connectivity index (χ1n) is 9.11. The number of pyridine rings is 1. The second-order valence-corrected chi connectivity index (χ2v) is 6.26. The molecule has 0 fully saturated rings. The zero-order valence-electron chi connectivity index (χ0n) is 16.3. The van der Waals surface area contributed by atoms with E-state index in [1.54, 1.807) is 13.3 Å². The van der Waals surface area contributed by atoms with Gasteiger partial charge in [-0.3, -0.25) is 4.98 Å². The standard InChI is InChI=1S/C21H20N6O2.ClH/c1-28-20-12-16(13-23-15-17-6-5-11-22-14-17)9-10-19(20)29-21-24-25-26-27(21)18-7-3-2-4-8-18;/h2-12,14,23H,13,15H2,1H3;1H. The smallest absolute Gasteiger partial charge is 0.346 e. The lowest BCUT2D eigenvalue weighted by molar-refractivity contribution is 0.362. The van der Waals surface area contributed by atoms with E-state index in [9.17, 15) is 0 Å². The fourth-order valence-corrected chi connectivity index (χ4v) is 2.83. The van der Waals surface area contributed by atoms with E-state index in [1.807, 2.05) is 66.9 Å². The van der Waals surface area contributed by atoms with E-state index in [0.29, 0.717) is 18.0 Å². The molecule has 0 aliphatic carbocycles. The topological polar surface area (TPSA) is 87.0 Å². The van der Waals surface area contributed by atoms with Gasteiger partial charge in [0.05, 0.1) is 12.8 Å². The maximum Gasteiger partial charge on any atom is 0.346 e. The van der Waals surface area contributed by atoms with Crippen LogP contribution in [0.25, 0.3) is 5.69 Å². The predicted octanol–water partition coefficient (Wildman–Crippen LogP) is 3.57. The Morgan fingerprint density at radius 2 is 1.77 bits per heavy atom. The van der Waals surface area contributed by atoms with Crippen molar-refractivity contribution in [2.75, 3.05) is 7.11 Å². The van der Waals surface area contributed by atoms with Gasteiger partial charge in [-0.2, -0.15) is 4.68 Å². The van der Waals surface area contributed by atoms with Crippen molar-refractivity contribution in [1.82, 2.24) is 30.5 Å². The maximum absolute atomic E-state index is 5.93. The molecule has 0 amide bonds. The number of benzene rings is 2. The van der Waals surface area contributed by atoms with Crippen molar-refractivity contribution in [1.29, 1.82) is 0 Å². The van der Waals surface area contributed by atoms with Crippen LogP contribution in [0.2, 0.25) is 0 Å². The Morgan fingerprint density at radius 3 is 2.53 bits per heavy atom. The van der Waals surface area contributed by atoms with Crippen molar-refractivity contribution < 1.29 is 9.47 Å². The highest BCUT2D eigenvalue weighted by Gasteiger charge is 2.14. The number of nitrogens with zero attached hydrogens (tertiary/aromatic N) is 5. The number of tetrazole rings is 1. The number of hydrogen-bond donors (Lipinski definition) is 1. The lowest BCUT2D eigenvalue weighted by Crippen LogP contribution is -2.12. The van der Waals surface area contributed by atoms with Gasteiger partial charge < -0.3 is 14.8 Å². The molecular weight excluding hydrogens is 404 g/mol. The Bertz CT molecular complexity index is 1060. The summed E-state index contributed by atoms with van der Waals surface area (Å²) in [6, 6.07) is 19.5. The summed E-state index contributed by atoms with van der Waals surface area (Å²) in [5.74, 6) is 1.14. The highest BCUT2D eigenvalue weighted by molar-refractivity contribution is 5.85. The Morgan fingerprint density at radius 1 is 0.933 bits per heavy atom. The number of para-hydroxylation sites is 1. The lowest BCUT2D eigenvalue weighted by atomic mass is 10.2. The molecule has 0 saturated heterocycles. The molecule has 0 unspecified atom stereocenters. The van der Waals surface area contributed by atoms with E-state index in [1.165, 1.54) is 4.68 Å². The first-order valence-corrected chi connectivity index (χ1v) is 9.11. The van der Waals surface area contributed by atoms with Crippen molar-refractivity contribution in [3.8, 4) is 23.2 Å². The van der Waals surface area contributed by atoms with Gasteiger partial charge in [0.15, 0.2) is 11.5 Å². The maximum atomic E-state index is 5.93. The van der Waals surface area contributed by atoms with Gasteiger partial charge in [-0.1, -0.05) is 35.4 Å². The van der Waals surface area contributed by atoms with Gasteiger partial charge >= 0.3 is 6.01 Å². The first kappa shape index (κ1) is 21.2. The fourth-order valence-electron chi connectivity index (χ4n) is 2.83. The average Bonchev–Trinajstić information content (AvgIpc) is 3.24. The average molecular weight is 425 g/mol. The number of hydrogen-bond acceptors (Lipinski definition) is 7. The summed E-state index contributed by atoms with van der Waals surface area (Å²) >= 11 is 0. The van der Waals surface area contributed by atoms with Crippen LogP contribution in [-0.2, 0) is 13.1 Å². The Hall–Kier alpha value is -3.49.